The first-order valence-electron chi connectivity index (χ1n) is 20.9. The topological polar surface area (TPSA) is 175 Å². The summed E-state index contributed by atoms with van der Waals surface area (Å²) in [5, 5.41) is 13.6. The molecule has 5 aromatic rings. The molecule has 1 aliphatic carbocycles. The van der Waals surface area contributed by atoms with Gasteiger partial charge in [-0.15, -0.1) is 0 Å². The third kappa shape index (κ3) is 7.04. The number of benzene rings is 1. The van der Waals surface area contributed by atoms with Crippen LogP contribution in [0.2, 0.25) is 0 Å². The third-order valence-electron chi connectivity index (χ3n) is 13.1. The molecule has 2 bridgehead atoms. The van der Waals surface area contributed by atoms with E-state index in [1.807, 2.05) is 24.3 Å². The van der Waals surface area contributed by atoms with Crippen molar-refractivity contribution < 1.29 is 32.6 Å². The van der Waals surface area contributed by atoms with Crippen molar-refractivity contribution in [3.8, 4) is 0 Å². The average molecular weight is 828 g/mol. The fraction of sp³-hybridized carbons (Fsp3) is 0.537. The first kappa shape index (κ1) is 38.7. The Kier molecular flexibility index (Phi) is 9.98. The molecule has 4 saturated heterocycles. The molecule has 4 aromatic heterocycles. The van der Waals surface area contributed by atoms with E-state index in [1.54, 1.807) is 22.5 Å². The first-order valence-corrected chi connectivity index (χ1v) is 20.9. The Hall–Kier alpha value is -5.53. The Bertz CT molecular complexity index is 2540. The Morgan fingerprint density at radius 3 is 2.67 bits per heavy atom. The summed E-state index contributed by atoms with van der Waals surface area (Å²) in [6.07, 6.45) is 7.17. The highest BCUT2D eigenvalue weighted by Gasteiger charge is 2.40. The van der Waals surface area contributed by atoms with Crippen molar-refractivity contribution in [1.29, 1.82) is 0 Å². The van der Waals surface area contributed by atoms with Crippen molar-refractivity contribution in [2.45, 2.75) is 88.1 Å². The molecule has 10 rings (SSSR count). The van der Waals surface area contributed by atoms with Gasteiger partial charge in [0.2, 0.25) is 11.8 Å². The number of halogens is 2. The van der Waals surface area contributed by atoms with Crippen molar-refractivity contribution in [2.24, 2.45) is 13.0 Å². The second kappa shape index (κ2) is 15.5. The lowest BCUT2D eigenvalue weighted by Crippen LogP contribution is -2.45. The van der Waals surface area contributed by atoms with Gasteiger partial charge in [-0.1, -0.05) is 12.1 Å². The lowest BCUT2D eigenvalue weighted by molar-refractivity contribution is -0.135. The zero-order valence-corrected chi connectivity index (χ0v) is 33.2. The van der Waals surface area contributed by atoms with Gasteiger partial charge in [0.15, 0.2) is 11.3 Å². The lowest BCUT2D eigenvalue weighted by atomic mass is 9.85. The molecule has 316 valence electrons. The molecule has 19 heteroatoms. The zero-order chi connectivity index (χ0) is 41.2. The summed E-state index contributed by atoms with van der Waals surface area (Å²) in [5.41, 5.74) is 2.10. The fourth-order valence-corrected chi connectivity index (χ4v) is 10.1. The van der Waals surface area contributed by atoms with Crippen LogP contribution in [0.15, 0.2) is 47.7 Å². The van der Waals surface area contributed by atoms with Crippen molar-refractivity contribution in [3.63, 3.8) is 0 Å². The minimum absolute atomic E-state index is 0.0238. The van der Waals surface area contributed by atoms with Crippen molar-refractivity contribution in [2.75, 3.05) is 49.6 Å². The number of imide groups is 1. The average Bonchev–Trinajstić information content (AvgIpc) is 4.09. The lowest BCUT2D eigenvalue weighted by Gasteiger charge is -2.37. The van der Waals surface area contributed by atoms with Crippen molar-refractivity contribution in [3.05, 3.63) is 70.2 Å². The highest BCUT2D eigenvalue weighted by atomic mass is 19.3. The van der Waals surface area contributed by atoms with Crippen LogP contribution in [0.4, 0.5) is 20.3 Å². The van der Waals surface area contributed by atoms with Gasteiger partial charge in [-0.2, -0.15) is 10.2 Å². The van der Waals surface area contributed by atoms with E-state index in [1.165, 1.54) is 21.5 Å². The molecule has 8 heterocycles. The van der Waals surface area contributed by atoms with Crippen molar-refractivity contribution >= 4 is 45.9 Å². The number of morpholine rings is 2. The normalized spacial score (nSPS) is 26.2. The first-order chi connectivity index (χ1) is 29.1. The van der Waals surface area contributed by atoms with E-state index in [2.05, 4.69) is 30.6 Å². The zero-order valence-electron chi connectivity index (χ0n) is 33.2. The number of imidazole rings is 1. The highest BCUT2D eigenvalue weighted by molar-refractivity contribution is 6.08. The minimum atomic E-state index is -2.88. The molecule has 1 unspecified atom stereocenters. The van der Waals surface area contributed by atoms with Crippen LogP contribution in [-0.2, 0) is 32.5 Å². The number of para-hydroxylation sites is 1. The maximum Gasteiger partial charge on any atom is 0.329 e. The molecule has 4 atom stereocenters. The van der Waals surface area contributed by atoms with Crippen LogP contribution < -0.4 is 21.2 Å². The van der Waals surface area contributed by atoms with Crippen LogP contribution in [0, 0.1) is 5.92 Å². The molecule has 60 heavy (non-hydrogen) atoms. The number of nitrogens with one attached hydrogen (secondary N) is 2. The quantitative estimate of drug-likeness (QED) is 0.198. The Balaban J connectivity index is 0.767. The molecule has 5 fully saturated rings. The molecule has 1 saturated carbocycles. The van der Waals surface area contributed by atoms with Crippen LogP contribution in [0.3, 0.4) is 0 Å². The minimum Gasteiger partial charge on any atom is -0.375 e. The second-order valence-corrected chi connectivity index (χ2v) is 16.9. The van der Waals surface area contributed by atoms with Gasteiger partial charge in [0.1, 0.15) is 17.4 Å². The molecular formula is C41H47F2N11O6. The Morgan fingerprint density at radius 1 is 1.05 bits per heavy atom. The number of carbonyl (C=O) groups is 3. The summed E-state index contributed by atoms with van der Waals surface area (Å²) in [5.74, 6) is -0.242. The number of aromatic nitrogens is 7. The number of rotatable bonds is 10. The summed E-state index contributed by atoms with van der Waals surface area (Å²) in [7, 11) is 1.71. The SMILES string of the molecule is Cn1c(=O)n(C2CCC(=O)NC2=O)c2cccc(C[C@H]3CN(CC4CCC(n5cc(NC(=O)c6cnn7ccc(N8C[C@H]9C[C@@H]8CO9)nc67)c(C(F)F)n5)CC4)CCO3)c21. The number of anilines is 2. The summed E-state index contributed by atoms with van der Waals surface area (Å²) >= 11 is 0. The predicted molar refractivity (Wildman–Crippen MR) is 213 cm³/mol. The molecule has 4 aliphatic heterocycles. The number of hydrogen-bond acceptors (Lipinski definition) is 11. The molecular weight excluding hydrogens is 781 g/mol. The summed E-state index contributed by atoms with van der Waals surface area (Å²) < 4.78 is 46.8. The fourth-order valence-electron chi connectivity index (χ4n) is 10.1. The van der Waals surface area contributed by atoms with E-state index >= 15 is 0 Å². The molecule has 0 spiro atoms. The Morgan fingerprint density at radius 2 is 1.90 bits per heavy atom. The number of nitrogens with zero attached hydrogens (tertiary/aromatic N) is 9. The number of fused-ring (bicyclic) bond motifs is 4. The number of piperidine rings is 1. The van der Waals surface area contributed by atoms with E-state index in [9.17, 15) is 28.0 Å². The van der Waals surface area contributed by atoms with Gasteiger partial charge in [0.25, 0.3) is 12.3 Å². The highest BCUT2D eigenvalue weighted by Crippen LogP contribution is 2.36. The standard InChI is InChI=1S/C41H47F2N11O6/c1-49-36-24(3-2-4-31(36)54(41(49)58)32-9-10-34(55)47-40(32)57)15-27-19-50(13-14-59-27)18-23-5-7-25(8-6-23)53-21-30(35(48-53)37(42)43)45-39(56)29-17-44-52-12-11-33(46-38(29)52)51-20-28-16-26(51)22-60-28/h2-4,11-12,17,21,23,25-28,32,37H,5-10,13-16,18-20,22H2,1H3,(H,45,56)(H,47,55,57)/t23?,25?,26-,27+,28-,32?/m1/s1. The molecule has 17 nitrogen and oxygen atoms in total. The van der Waals surface area contributed by atoms with Gasteiger partial charge in [-0.25, -0.2) is 23.1 Å². The number of alkyl halides is 2. The van der Waals surface area contributed by atoms with E-state index in [0.29, 0.717) is 36.7 Å². The van der Waals surface area contributed by atoms with Crippen LogP contribution >= 0.6 is 0 Å². The predicted octanol–water partition coefficient (Wildman–Crippen LogP) is 3.40. The van der Waals surface area contributed by atoms with E-state index in [4.69, 9.17) is 14.5 Å². The van der Waals surface area contributed by atoms with Gasteiger partial charge in [-0.05, 0) is 62.1 Å². The van der Waals surface area contributed by atoms with Gasteiger partial charge in [0.05, 0.1) is 60.4 Å². The van der Waals surface area contributed by atoms with Crippen LogP contribution in [0.1, 0.15) is 85.1 Å². The number of ether oxygens (including phenoxy) is 2. The van der Waals surface area contributed by atoms with Crippen LogP contribution in [-0.4, -0.2) is 114 Å². The number of hydrogen-bond donors (Lipinski definition) is 2. The summed E-state index contributed by atoms with van der Waals surface area (Å²) in [4.78, 5) is 60.8. The van der Waals surface area contributed by atoms with Gasteiger partial charge in [0, 0.05) is 58.5 Å². The number of amides is 3. The van der Waals surface area contributed by atoms with Gasteiger partial charge in [-0.3, -0.25) is 38.4 Å². The molecule has 3 amide bonds. The molecule has 2 N–H and O–H groups in total. The van der Waals surface area contributed by atoms with E-state index in [0.717, 1.165) is 75.2 Å². The van der Waals surface area contributed by atoms with Crippen molar-refractivity contribution in [1.82, 2.24) is 43.7 Å². The second-order valence-electron chi connectivity index (χ2n) is 16.9. The Labute approximate surface area is 342 Å². The summed E-state index contributed by atoms with van der Waals surface area (Å²) in [6.45, 7) is 4.34. The van der Waals surface area contributed by atoms with E-state index in [-0.39, 0.29) is 60.0 Å². The third-order valence-corrected chi connectivity index (χ3v) is 13.1. The maximum atomic E-state index is 14.3. The monoisotopic (exact) mass is 827 g/mol. The molecule has 1 aromatic carbocycles. The van der Waals surface area contributed by atoms with Crippen LogP contribution in [0.5, 0.6) is 0 Å². The maximum absolute atomic E-state index is 14.3. The largest absolute Gasteiger partial charge is 0.375 e. The number of aryl methyl sites for hydroxylation is 1. The molecule has 5 aliphatic rings. The smallest absolute Gasteiger partial charge is 0.329 e. The summed E-state index contributed by atoms with van der Waals surface area (Å²) in [6, 6.07) is 6.99. The molecule has 0 radical (unpaired) electrons. The van der Waals surface area contributed by atoms with E-state index < -0.39 is 30.0 Å². The van der Waals surface area contributed by atoms with Gasteiger partial charge < -0.3 is 19.7 Å². The van der Waals surface area contributed by atoms with Crippen LogP contribution in [0.25, 0.3) is 16.7 Å². The van der Waals surface area contributed by atoms with Gasteiger partial charge >= 0.3 is 5.69 Å². The number of carbonyl (C=O) groups excluding carboxylic acids is 3.